The molecule has 0 fully saturated rings. The van der Waals surface area contributed by atoms with Crippen molar-refractivity contribution in [2.45, 2.75) is 20.4 Å². The van der Waals surface area contributed by atoms with Gasteiger partial charge >= 0.3 is 5.97 Å². The van der Waals surface area contributed by atoms with Gasteiger partial charge in [0.05, 0.1) is 18.4 Å². The molecule has 0 radical (unpaired) electrons. The van der Waals surface area contributed by atoms with Crippen molar-refractivity contribution in [1.29, 1.82) is 0 Å². The number of benzene rings is 1. The number of methoxy groups -OCH3 is 1. The molecule has 7 nitrogen and oxygen atoms in total. The quantitative estimate of drug-likeness (QED) is 0.400. The summed E-state index contributed by atoms with van der Waals surface area (Å²) in [5.41, 5.74) is 12.4. The second-order valence-corrected chi connectivity index (χ2v) is 8.00. The van der Waals surface area contributed by atoms with Crippen LogP contribution in [-0.2, 0) is 11.3 Å². The number of pyridine rings is 2. The van der Waals surface area contributed by atoms with E-state index < -0.39 is 5.97 Å². The summed E-state index contributed by atoms with van der Waals surface area (Å²) >= 11 is 3.65. The number of carbonyl (C=O) groups excluding carboxylic acids is 1. The molecule has 0 bridgehead atoms. The van der Waals surface area contributed by atoms with Crippen molar-refractivity contribution >= 4 is 39.1 Å². The minimum absolute atomic E-state index is 0.400. The van der Waals surface area contributed by atoms with Crippen molar-refractivity contribution in [3.63, 3.8) is 0 Å². The van der Waals surface area contributed by atoms with E-state index in [1.807, 2.05) is 54.8 Å². The first kappa shape index (κ1) is 20.9. The molecular formula is C23H22BrN5O2. The minimum atomic E-state index is -0.400. The van der Waals surface area contributed by atoms with Crippen LogP contribution >= 0.6 is 15.9 Å². The third-order valence-corrected chi connectivity index (χ3v) is 5.82. The Bertz CT molecular complexity index is 1300. The third-order valence-electron chi connectivity index (χ3n) is 5.06. The number of nitrogen functional groups attached to an aromatic ring is 1. The molecule has 3 heterocycles. The Labute approximate surface area is 188 Å². The number of aromatic nitrogens is 3. The monoisotopic (exact) mass is 479 g/mol. The first-order valence-electron chi connectivity index (χ1n) is 9.71. The van der Waals surface area contributed by atoms with Gasteiger partial charge in [-0.25, -0.2) is 14.8 Å². The van der Waals surface area contributed by atoms with Gasteiger partial charge < -0.3 is 15.8 Å². The van der Waals surface area contributed by atoms with Crippen LogP contribution in [0.3, 0.4) is 0 Å². The molecule has 0 spiro atoms. The number of nitrogens with one attached hydrogen (secondary N) is 1. The molecule has 1 aromatic carbocycles. The van der Waals surface area contributed by atoms with Crippen molar-refractivity contribution in [3.8, 4) is 11.3 Å². The molecule has 8 heteroatoms. The smallest absolute Gasteiger partial charge is 0.338 e. The van der Waals surface area contributed by atoms with Crippen molar-refractivity contribution < 1.29 is 9.53 Å². The molecule has 0 saturated heterocycles. The molecule has 31 heavy (non-hydrogen) atoms. The summed E-state index contributed by atoms with van der Waals surface area (Å²) in [4.78, 5) is 21.4. The van der Waals surface area contributed by atoms with Gasteiger partial charge in [-0.2, -0.15) is 0 Å². The predicted octanol–water partition coefficient (Wildman–Crippen LogP) is 4.76. The van der Waals surface area contributed by atoms with Gasteiger partial charge in [-0.1, -0.05) is 24.3 Å². The number of esters is 1. The second-order valence-electron chi connectivity index (χ2n) is 7.25. The molecule has 0 amide bonds. The summed E-state index contributed by atoms with van der Waals surface area (Å²) in [6, 6.07) is 13.2. The van der Waals surface area contributed by atoms with Crippen LogP contribution in [0.25, 0.3) is 16.9 Å². The molecule has 158 valence electrons. The summed E-state index contributed by atoms with van der Waals surface area (Å²) in [7, 11) is 1.37. The first-order valence-corrected chi connectivity index (χ1v) is 10.5. The van der Waals surface area contributed by atoms with Crippen molar-refractivity contribution in [2.75, 3.05) is 18.2 Å². The van der Waals surface area contributed by atoms with Gasteiger partial charge in [-0.05, 0) is 59.1 Å². The first-order chi connectivity index (χ1) is 14.9. The Morgan fingerprint density at radius 3 is 2.74 bits per heavy atom. The lowest BCUT2D eigenvalue weighted by Gasteiger charge is -2.12. The maximum atomic E-state index is 12.2. The average molecular weight is 480 g/mol. The third kappa shape index (κ3) is 3.98. The SMILES string of the molecule is COC(=O)c1ccccc1-c1nc2ccc(CNc3nc(C)cc(C)c3N)cn2c1Br. The van der Waals surface area contributed by atoms with E-state index in [1.54, 1.807) is 12.1 Å². The van der Waals surface area contributed by atoms with Gasteiger partial charge in [0.1, 0.15) is 21.8 Å². The number of nitrogens with two attached hydrogens (primary N) is 1. The Balaban J connectivity index is 1.68. The molecule has 0 aliphatic heterocycles. The molecule has 0 saturated carbocycles. The molecule has 0 unspecified atom stereocenters. The summed E-state index contributed by atoms with van der Waals surface area (Å²) in [6.45, 7) is 4.46. The fourth-order valence-electron chi connectivity index (χ4n) is 3.48. The van der Waals surface area contributed by atoms with Crippen molar-refractivity contribution in [3.05, 3.63) is 75.6 Å². The lowest BCUT2D eigenvalue weighted by Crippen LogP contribution is -2.07. The molecule has 0 aliphatic rings. The Hall–Kier alpha value is -3.39. The number of nitrogens with zero attached hydrogens (tertiary/aromatic N) is 3. The number of hydrogen-bond acceptors (Lipinski definition) is 6. The molecule has 0 atom stereocenters. The second kappa shape index (κ2) is 8.39. The maximum Gasteiger partial charge on any atom is 0.338 e. The van der Waals surface area contributed by atoms with Crippen LogP contribution in [0.1, 0.15) is 27.2 Å². The zero-order chi connectivity index (χ0) is 22.1. The van der Waals surface area contributed by atoms with E-state index in [4.69, 9.17) is 15.5 Å². The largest absolute Gasteiger partial charge is 0.465 e. The highest BCUT2D eigenvalue weighted by molar-refractivity contribution is 9.10. The van der Waals surface area contributed by atoms with Gasteiger partial charge in [0.2, 0.25) is 0 Å². The van der Waals surface area contributed by atoms with Crippen LogP contribution in [0.5, 0.6) is 0 Å². The van der Waals surface area contributed by atoms with Gasteiger partial charge in [0.25, 0.3) is 0 Å². The zero-order valence-electron chi connectivity index (χ0n) is 17.4. The van der Waals surface area contributed by atoms with E-state index in [2.05, 4.69) is 26.2 Å². The predicted molar refractivity (Wildman–Crippen MR) is 125 cm³/mol. The van der Waals surface area contributed by atoms with Crippen molar-refractivity contribution in [2.24, 2.45) is 0 Å². The summed E-state index contributed by atoms with van der Waals surface area (Å²) in [5.74, 6) is 0.276. The molecule has 0 aliphatic carbocycles. The molecule has 4 aromatic rings. The van der Waals surface area contributed by atoms with Gasteiger partial charge in [0, 0.05) is 24.0 Å². The summed E-state index contributed by atoms with van der Waals surface area (Å²) in [5, 5.41) is 3.32. The number of fused-ring (bicyclic) bond motifs is 1. The fraction of sp³-hybridized carbons (Fsp3) is 0.174. The Morgan fingerprint density at radius 2 is 1.97 bits per heavy atom. The van der Waals surface area contributed by atoms with Gasteiger partial charge in [-0.15, -0.1) is 0 Å². The molecule has 3 aromatic heterocycles. The number of imidazole rings is 1. The molecule has 3 N–H and O–H groups in total. The standard InChI is InChI=1S/C23H22BrN5O2/c1-13-10-14(2)27-22(19(13)25)26-11-15-8-9-18-28-20(21(24)29(18)12-15)16-6-4-5-7-17(16)23(30)31-3/h4-10,12H,11,25H2,1-3H3,(H,26,27). The minimum Gasteiger partial charge on any atom is -0.465 e. The number of ether oxygens (including phenoxy) is 1. The highest BCUT2D eigenvalue weighted by atomic mass is 79.9. The van der Waals surface area contributed by atoms with Gasteiger partial charge in [-0.3, -0.25) is 4.40 Å². The number of rotatable bonds is 5. The Kier molecular flexibility index (Phi) is 5.65. The molecule has 4 rings (SSSR count). The van der Waals surface area contributed by atoms with Crippen LogP contribution in [0.15, 0.2) is 53.3 Å². The average Bonchev–Trinajstić information content (AvgIpc) is 3.10. The lowest BCUT2D eigenvalue weighted by molar-refractivity contribution is 0.0601. The van der Waals surface area contributed by atoms with E-state index in [0.717, 1.165) is 27.1 Å². The number of hydrogen-bond donors (Lipinski definition) is 2. The van der Waals surface area contributed by atoms with E-state index in [9.17, 15) is 4.79 Å². The fourth-order valence-corrected chi connectivity index (χ4v) is 4.07. The normalized spacial score (nSPS) is 11.0. The Morgan fingerprint density at radius 1 is 1.19 bits per heavy atom. The van der Waals surface area contributed by atoms with Crippen LogP contribution in [0, 0.1) is 13.8 Å². The van der Waals surface area contributed by atoms with Crippen molar-refractivity contribution in [1.82, 2.24) is 14.4 Å². The topological polar surface area (TPSA) is 94.5 Å². The van der Waals surface area contributed by atoms with E-state index in [0.29, 0.717) is 34.9 Å². The van der Waals surface area contributed by atoms with E-state index in [1.165, 1.54) is 7.11 Å². The van der Waals surface area contributed by atoms with Gasteiger partial charge in [0.15, 0.2) is 0 Å². The van der Waals surface area contributed by atoms with E-state index >= 15 is 0 Å². The lowest BCUT2D eigenvalue weighted by atomic mass is 10.1. The highest BCUT2D eigenvalue weighted by Gasteiger charge is 2.19. The summed E-state index contributed by atoms with van der Waals surface area (Å²) < 4.78 is 7.62. The maximum absolute atomic E-state index is 12.2. The number of anilines is 2. The van der Waals surface area contributed by atoms with Crippen LogP contribution in [0.2, 0.25) is 0 Å². The zero-order valence-corrected chi connectivity index (χ0v) is 19.0. The number of halogens is 1. The molecular weight excluding hydrogens is 458 g/mol. The van der Waals surface area contributed by atoms with Crippen LogP contribution in [-0.4, -0.2) is 27.4 Å². The number of aryl methyl sites for hydroxylation is 2. The van der Waals surface area contributed by atoms with E-state index in [-0.39, 0.29) is 0 Å². The van der Waals surface area contributed by atoms with Crippen LogP contribution < -0.4 is 11.1 Å². The highest BCUT2D eigenvalue weighted by Crippen LogP contribution is 2.32. The number of carbonyl (C=O) groups is 1. The summed E-state index contributed by atoms with van der Waals surface area (Å²) in [6.07, 6.45) is 1.99. The van der Waals surface area contributed by atoms with Crippen LogP contribution in [0.4, 0.5) is 11.5 Å².